The summed E-state index contributed by atoms with van der Waals surface area (Å²) in [5.74, 6) is -0.287. The average Bonchev–Trinajstić information content (AvgIpc) is 2.30. The molecule has 0 heterocycles. The third-order valence-corrected chi connectivity index (χ3v) is 2.88. The molecule has 3 nitrogen and oxygen atoms in total. The van der Waals surface area contributed by atoms with Crippen molar-refractivity contribution in [1.82, 2.24) is 0 Å². The van der Waals surface area contributed by atoms with E-state index in [0.717, 1.165) is 11.1 Å². The number of hydrogen-bond acceptors (Lipinski definition) is 3. The molecular formula is C12H13BrO3. The van der Waals surface area contributed by atoms with Gasteiger partial charge in [0.1, 0.15) is 5.78 Å². The summed E-state index contributed by atoms with van der Waals surface area (Å²) in [5, 5.41) is 0.328. The summed E-state index contributed by atoms with van der Waals surface area (Å²) in [6.45, 7) is 1.84. The Bertz CT molecular complexity index is 413. The Morgan fingerprint density at radius 1 is 1.38 bits per heavy atom. The SMILES string of the molecule is COC(=O)c1cc(CC(=O)CBr)ccc1C. The predicted octanol–water partition coefficient (Wildman–Crippen LogP) is 2.29. The summed E-state index contributed by atoms with van der Waals surface area (Å²) in [5.41, 5.74) is 2.19. The van der Waals surface area contributed by atoms with E-state index in [-0.39, 0.29) is 11.8 Å². The first-order valence-corrected chi connectivity index (χ1v) is 5.96. The van der Waals surface area contributed by atoms with E-state index in [1.54, 1.807) is 6.07 Å². The molecule has 0 aromatic heterocycles. The van der Waals surface area contributed by atoms with Gasteiger partial charge >= 0.3 is 5.97 Å². The fourth-order valence-corrected chi connectivity index (χ4v) is 1.58. The molecule has 0 bridgehead atoms. The van der Waals surface area contributed by atoms with Gasteiger partial charge in [0.25, 0.3) is 0 Å². The number of carbonyl (C=O) groups is 2. The van der Waals surface area contributed by atoms with Crippen molar-refractivity contribution < 1.29 is 14.3 Å². The summed E-state index contributed by atoms with van der Waals surface area (Å²) >= 11 is 3.11. The number of aryl methyl sites for hydroxylation is 1. The van der Waals surface area contributed by atoms with Crippen molar-refractivity contribution in [1.29, 1.82) is 0 Å². The molecule has 0 saturated heterocycles. The third kappa shape index (κ3) is 3.17. The predicted molar refractivity (Wildman–Crippen MR) is 65.0 cm³/mol. The maximum atomic E-state index is 11.4. The fourth-order valence-electron chi connectivity index (χ4n) is 1.38. The van der Waals surface area contributed by atoms with Gasteiger partial charge in [-0.25, -0.2) is 4.79 Å². The second kappa shape index (κ2) is 5.80. The summed E-state index contributed by atoms with van der Waals surface area (Å²) in [6, 6.07) is 5.38. The van der Waals surface area contributed by atoms with Gasteiger partial charge in [0.2, 0.25) is 0 Å². The molecule has 0 atom stereocenters. The Kier molecular flexibility index (Phi) is 4.68. The Morgan fingerprint density at radius 3 is 2.62 bits per heavy atom. The molecule has 0 aliphatic heterocycles. The lowest BCUT2D eigenvalue weighted by molar-refractivity contribution is -0.115. The van der Waals surface area contributed by atoms with Crippen LogP contribution in [0.25, 0.3) is 0 Å². The average molecular weight is 285 g/mol. The van der Waals surface area contributed by atoms with Crippen molar-refractivity contribution in [2.24, 2.45) is 0 Å². The Hall–Kier alpha value is -1.16. The van der Waals surface area contributed by atoms with Crippen molar-refractivity contribution in [2.45, 2.75) is 13.3 Å². The van der Waals surface area contributed by atoms with Gasteiger partial charge in [-0.05, 0) is 24.1 Å². The number of halogens is 1. The van der Waals surface area contributed by atoms with Crippen LogP contribution >= 0.6 is 15.9 Å². The quantitative estimate of drug-likeness (QED) is 0.629. The van der Waals surface area contributed by atoms with Crippen molar-refractivity contribution in [3.05, 3.63) is 34.9 Å². The molecule has 0 saturated carbocycles. The molecule has 0 unspecified atom stereocenters. The minimum atomic E-state index is -0.370. The smallest absolute Gasteiger partial charge is 0.338 e. The van der Waals surface area contributed by atoms with Gasteiger partial charge < -0.3 is 4.74 Å². The number of ether oxygens (including phenoxy) is 1. The lowest BCUT2D eigenvalue weighted by Gasteiger charge is -2.06. The third-order valence-electron chi connectivity index (χ3n) is 2.26. The van der Waals surface area contributed by atoms with Gasteiger partial charge in [-0.2, -0.15) is 0 Å². The first-order chi connectivity index (χ1) is 7.58. The molecule has 1 aromatic rings. The fraction of sp³-hybridized carbons (Fsp3) is 0.333. The highest BCUT2D eigenvalue weighted by molar-refractivity contribution is 9.09. The normalized spacial score (nSPS) is 9.94. The highest BCUT2D eigenvalue weighted by Crippen LogP contribution is 2.13. The number of ketones is 1. The van der Waals surface area contributed by atoms with Gasteiger partial charge in [0.05, 0.1) is 18.0 Å². The zero-order chi connectivity index (χ0) is 12.1. The van der Waals surface area contributed by atoms with Gasteiger partial charge in [-0.3, -0.25) is 4.79 Å². The van der Waals surface area contributed by atoms with Crippen molar-refractivity contribution >= 4 is 27.7 Å². The number of alkyl halides is 1. The highest BCUT2D eigenvalue weighted by Gasteiger charge is 2.11. The number of Topliss-reactive ketones (excluding diaryl/α,β-unsaturated/α-hetero) is 1. The highest BCUT2D eigenvalue weighted by atomic mass is 79.9. The van der Waals surface area contributed by atoms with Crippen LogP contribution in [0, 0.1) is 6.92 Å². The molecule has 0 fully saturated rings. The molecule has 86 valence electrons. The van der Waals surface area contributed by atoms with E-state index < -0.39 is 0 Å². The molecule has 0 radical (unpaired) electrons. The zero-order valence-electron chi connectivity index (χ0n) is 9.25. The van der Waals surface area contributed by atoms with Crippen LogP contribution in [0.2, 0.25) is 0 Å². The number of benzene rings is 1. The largest absolute Gasteiger partial charge is 0.465 e. The van der Waals surface area contributed by atoms with Crippen LogP contribution in [0.3, 0.4) is 0 Å². The van der Waals surface area contributed by atoms with Crippen LogP contribution < -0.4 is 0 Å². The van der Waals surface area contributed by atoms with E-state index in [1.165, 1.54) is 7.11 Å². The molecule has 16 heavy (non-hydrogen) atoms. The lowest BCUT2D eigenvalue weighted by atomic mass is 10.0. The molecule has 0 amide bonds. The molecule has 0 aliphatic carbocycles. The van der Waals surface area contributed by atoms with Crippen LogP contribution in [0.4, 0.5) is 0 Å². The van der Waals surface area contributed by atoms with E-state index in [4.69, 9.17) is 0 Å². The second-order valence-corrected chi connectivity index (χ2v) is 4.05. The summed E-state index contributed by atoms with van der Waals surface area (Å²) < 4.78 is 4.67. The topological polar surface area (TPSA) is 43.4 Å². The zero-order valence-corrected chi connectivity index (χ0v) is 10.8. The van der Waals surface area contributed by atoms with E-state index in [9.17, 15) is 9.59 Å². The number of rotatable bonds is 4. The first kappa shape index (κ1) is 12.9. The number of esters is 1. The maximum absolute atomic E-state index is 11.4. The summed E-state index contributed by atoms with van der Waals surface area (Å²) in [4.78, 5) is 22.7. The van der Waals surface area contributed by atoms with Crippen molar-refractivity contribution in [2.75, 3.05) is 12.4 Å². The summed E-state index contributed by atoms with van der Waals surface area (Å²) in [7, 11) is 1.35. The molecule has 1 rings (SSSR count). The Labute approximate surface area is 103 Å². The van der Waals surface area contributed by atoms with Crippen LogP contribution in [0.15, 0.2) is 18.2 Å². The molecule has 0 spiro atoms. The molecule has 0 N–H and O–H groups in total. The lowest BCUT2D eigenvalue weighted by Crippen LogP contribution is -2.07. The van der Waals surface area contributed by atoms with E-state index >= 15 is 0 Å². The van der Waals surface area contributed by atoms with Gasteiger partial charge in [-0.1, -0.05) is 28.1 Å². The van der Waals surface area contributed by atoms with Crippen LogP contribution in [0.5, 0.6) is 0 Å². The maximum Gasteiger partial charge on any atom is 0.338 e. The van der Waals surface area contributed by atoms with Crippen molar-refractivity contribution in [3.63, 3.8) is 0 Å². The molecule has 1 aromatic carbocycles. The monoisotopic (exact) mass is 284 g/mol. The van der Waals surface area contributed by atoms with Crippen LogP contribution in [-0.2, 0) is 16.0 Å². The minimum absolute atomic E-state index is 0.0830. The molecule has 0 aliphatic rings. The molecule has 4 heteroatoms. The Balaban J connectivity index is 2.98. The van der Waals surface area contributed by atoms with Gasteiger partial charge in [0.15, 0.2) is 0 Å². The van der Waals surface area contributed by atoms with E-state index in [1.807, 2.05) is 19.1 Å². The second-order valence-electron chi connectivity index (χ2n) is 3.49. The number of methoxy groups -OCH3 is 1. The standard InChI is InChI=1S/C12H13BrO3/c1-8-3-4-9(5-10(14)7-13)6-11(8)12(15)16-2/h3-4,6H,5,7H2,1-2H3. The van der Waals surface area contributed by atoms with E-state index in [0.29, 0.717) is 17.3 Å². The van der Waals surface area contributed by atoms with E-state index in [2.05, 4.69) is 20.7 Å². The molecular weight excluding hydrogens is 272 g/mol. The number of carbonyl (C=O) groups excluding carboxylic acids is 2. The first-order valence-electron chi connectivity index (χ1n) is 4.84. The summed E-state index contributed by atoms with van der Waals surface area (Å²) in [6.07, 6.45) is 0.329. The Morgan fingerprint density at radius 2 is 2.06 bits per heavy atom. The van der Waals surface area contributed by atoms with Gasteiger partial charge in [0, 0.05) is 6.42 Å². The van der Waals surface area contributed by atoms with Crippen LogP contribution in [0.1, 0.15) is 21.5 Å². The minimum Gasteiger partial charge on any atom is -0.465 e. The van der Waals surface area contributed by atoms with Gasteiger partial charge in [-0.15, -0.1) is 0 Å². The number of hydrogen-bond donors (Lipinski definition) is 0. The van der Waals surface area contributed by atoms with Crippen LogP contribution in [-0.4, -0.2) is 24.2 Å². The van der Waals surface area contributed by atoms with Crippen molar-refractivity contribution in [3.8, 4) is 0 Å².